The topological polar surface area (TPSA) is 80.3 Å². The van der Waals surface area contributed by atoms with E-state index in [2.05, 4.69) is 41.6 Å². The Labute approximate surface area is 235 Å². The first-order valence-corrected chi connectivity index (χ1v) is 13.2. The van der Waals surface area contributed by atoms with Gasteiger partial charge in [0.05, 0.1) is 5.02 Å². The second-order valence-electron chi connectivity index (χ2n) is 8.83. The molecular formula is C29H23Cl2N3O3S. The Bertz CT molecular complexity index is 1660. The molecule has 2 aromatic heterocycles. The van der Waals surface area contributed by atoms with Gasteiger partial charge in [0.25, 0.3) is 5.91 Å². The van der Waals surface area contributed by atoms with Crippen LogP contribution in [0.5, 0.6) is 0 Å². The average molecular weight is 564 g/mol. The average Bonchev–Trinajstić information content (AvgIpc) is 3.57. The van der Waals surface area contributed by atoms with E-state index in [4.69, 9.17) is 44.3 Å². The van der Waals surface area contributed by atoms with Gasteiger partial charge in [-0.3, -0.25) is 10.1 Å². The van der Waals surface area contributed by atoms with Gasteiger partial charge in [0, 0.05) is 21.8 Å². The maximum absolute atomic E-state index is 12.7. The van der Waals surface area contributed by atoms with Crippen LogP contribution in [0.1, 0.15) is 42.3 Å². The third-order valence-electron chi connectivity index (χ3n) is 6.21. The first kappa shape index (κ1) is 26.0. The van der Waals surface area contributed by atoms with Crippen molar-refractivity contribution in [3.63, 3.8) is 0 Å². The molecule has 6 nitrogen and oxygen atoms in total. The van der Waals surface area contributed by atoms with Gasteiger partial charge in [-0.1, -0.05) is 49.2 Å². The Balaban J connectivity index is 1.27. The smallest absolute Gasteiger partial charge is 0.293 e. The van der Waals surface area contributed by atoms with Gasteiger partial charge in [-0.25, -0.2) is 4.98 Å². The van der Waals surface area contributed by atoms with Gasteiger partial charge in [0.15, 0.2) is 16.5 Å². The van der Waals surface area contributed by atoms with E-state index in [-0.39, 0.29) is 10.9 Å². The minimum Gasteiger partial charge on any atom is -0.451 e. The summed E-state index contributed by atoms with van der Waals surface area (Å²) >= 11 is 17.6. The Morgan fingerprint density at radius 2 is 1.87 bits per heavy atom. The Morgan fingerprint density at radius 1 is 1.03 bits per heavy atom. The number of fused-ring (bicyclic) bond motifs is 1. The van der Waals surface area contributed by atoms with Crippen molar-refractivity contribution in [2.75, 3.05) is 5.32 Å². The van der Waals surface area contributed by atoms with Crippen molar-refractivity contribution < 1.29 is 13.6 Å². The lowest BCUT2D eigenvalue weighted by molar-refractivity contribution is 0.0951. The van der Waals surface area contributed by atoms with Crippen molar-refractivity contribution >= 4 is 63.2 Å². The van der Waals surface area contributed by atoms with E-state index in [1.807, 2.05) is 30.3 Å². The van der Waals surface area contributed by atoms with Crippen molar-refractivity contribution in [3.8, 4) is 22.8 Å². The highest BCUT2D eigenvalue weighted by atomic mass is 35.5. The second-order valence-corrected chi connectivity index (χ2v) is 10.1. The summed E-state index contributed by atoms with van der Waals surface area (Å²) in [6, 6.07) is 21.8. The lowest BCUT2D eigenvalue weighted by atomic mass is 9.98. The normalized spacial score (nSPS) is 11.9. The second kappa shape index (κ2) is 11.0. The molecule has 2 heterocycles. The standard InChI is InChI=1S/C29H23Cl2N3O3S/c1-3-16(2)17-7-10-25-23(14-17)33-28(37-25)18-5-4-6-20(13-18)32-29(38)34-27(35)26-12-11-24(36-26)21-15-19(30)8-9-22(21)31/h4-16H,3H2,1-2H3,(H2,32,34,35,38). The molecule has 2 N–H and O–H groups in total. The van der Waals surface area contributed by atoms with Gasteiger partial charge < -0.3 is 14.2 Å². The van der Waals surface area contributed by atoms with Crippen LogP contribution in [0.2, 0.25) is 10.0 Å². The van der Waals surface area contributed by atoms with Crippen molar-refractivity contribution in [3.05, 3.63) is 94.2 Å². The molecule has 3 aromatic carbocycles. The van der Waals surface area contributed by atoms with E-state index < -0.39 is 5.91 Å². The number of hydrogen-bond acceptors (Lipinski definition) is 5. The number of furan rings is 1. The molecule has 1 atom stereocenters. The highest BCUT2D eigenvalue weighted by Crippen LogP contribution is 2.32. The fraction of sp³-hybridized carbons (Fsp3) is 0.138. The van der Waals surface area contributed by atoms with E-state index in [0.29, 0.717) is 38.9 Å². The number of nitrogens with one attached hydrogen (secondary N) is 2. The number of thiocarbonyl (C=S) groups is 1. The number of nitrogens with zero attached hydrogens (tertiary/aromatic N) is 1. The molecule has 0 fully saturated rings. The minimum absolute atomic E-state index is 0.0807. The summed E-state index contributed by atoms with van der Waals surface area (Å²) in [5.41, 5.74) is 4.81. The predicted octanol–water partition coefficient (Wildman–Crippen LogP) is 8.70. The summed E-state index contributed by atoms with van der Waals surface area (Å²) < 4.78 is 11.7. The minimum atomic E-state index is -0.501. The highest BCUT2D eigenvalue weighted by molar-refractivity contribution is 7.80. The van der Waals surface area contributed by atoms with Crippen LogP contribution >= 0.6 is 35.4 Å². The fourth-order valence-electron chi connectivity index (χ4n) is 3.96. The van der Waals surface area contributed by atoms with E-state index in [9.17, 15) is 4.79 Å². The molecule has 0 radical (unpaired) electrons. The van der Waals surface area contributed by atoms with E-state index in [1.165, 1.54) is 5.56 Å². The summed E-state index contributed by atoms with van der Waals surface area (Å²) in [5.74, 6) is 0.952. The van der Waals surface area contributed by atoms with Crippen LogP contribution in [0, 0.1) is 0 Å². The molecule has 5 rings (SSSR count). The van der Waals surface area contributed by atoms with Crippen molar-refractivity contribution in [1.82, 2.24) is 10.3 Å². The van der Waals surface area contributed by atoms with Crippen LogP contribution in [0.25, 0.3) is 33.9 Å². The van der Waals surface area contributed by atoms with Crippen molar-refractivity contribution in [1.29, 1.82) is 0 Å². The molecule has 0 aliphatic heterocycles. The first-order valence-electron chi connectivity index (χ1n) is 12.0. The molecule has 38 heavy (non-hydrogen) atoms. The van der Waals surface area contributed by atoms with Gasteiger partial charge in [-0.2, -0.15) is 0 Å². The number of carbonyl (C=O) groups is 1. The third kappa shape index (κ3) is 5.60. The maximum Gasteiger partial charge on any atom is 0.293 e. The van der Waals surface area contributed by atoms with E-state index in [0.717, 1.165) is 23.1 Å². The van der Waals surface area contributed by atoms with Gasteiger partial charge in [0.2, 0.25) is 5.89 Å². The molecule has 5 aromatic rings. The van der Waals surface area contributed by atoms with Crippen LogP contribution in [-0.4, -0.2) is 16.0 Å². The third-order valence-corrected chi connectivity index (χ3v) is 6.98. The van der Waals surface area contributed by atoms with Gasteiger partial charge in [-0.05, 0) is 90.8 Å². The van der Waals surface area contributed by atoms with Crippen LogP contribution in [0.3, 0.4) is 0 Å². The van der Waals surface area contributed by atoms with Crippen LogP contribution in [0.15, 0.2) is 81.6 Å². The summed E-state index contributed by atoms with van der Waals surface area (Å²) in [6.45, 7) is 4.36. The van der Waals surface area contributed by atoms with Gasteiger partial charge >= 0.3 is 0 Å². The number of hydrogen-bond donors (Lipinski definition) is 2. The summed E-state index contributed by atoms with van der Waals surface area (Å²) in [5, 5.41) is 6.73. The fourth-order valence-corrected chi connectivity index (χ4v) is 4.55. The molecule has 9 heteroatoms. The molecular weight excluding hydrogens is 541 g/mol. The van der Waals surface area contributed by atoms with Crippen molar-refractivity contribution in [2.45, 2.75) is 26.2 Å². The SMILES string of the molecule is CCC(C)c1ccc2oc(-c3cccc(NC(=S)NC(=O)c4ccc(-c5cc(Cl)ccc5Cl)o4)c3)nc2c1. The zero-order valence-electron chi connectivity index (χ0n) is 20.5. The zero-order valence-corrected chi connectivity index (χ0v) is 22.9. The number of carbonyl (C=O) groups excluding carboxylic acids is 1. The van der Waals surface area contributed by atoms with E-state index >= 15 is 0 Å². The molecule has 0 aliphatic carbocycles. The lowest BCUT2D eigenvalue weighted by Gasteiger charge is -2.09. The van der Waals surface area contributed by atoms with Crippen LogP contribution < -0.4 is 10.6 Å². The molecule has 0 spiro atoms. The molecule has 192 valence electrons. The maximum atomic E-state index is 12.7. The van der Waals surface area contributed by atoms with Gasteiger partial charge in [-0.15, -0.1) is 0 Å². The number of aromatic nitrogens is 1. The van der Waals surface area contributed by atoms with Crippen LogP contribution in [-0.2, 0) is 0 Å². The number of halogens is 2. The van der Waals surface area contributed by atoms with Crippen LogP contribution in [0.4, 0.5) is 5.69 Å². The summed E-state index contributed by atoms with van der Waals surface area (Å²) in [6.07, 6.45) is 1.05. The number of anilines is 1. The summed E-state index contributed by atoms with van der Waals surface area (Å²) in [7, 11) is 0. The number of oxazole rings is 1. The Hall–Kier alpha value is -3.65. The quantitative estimate of drug-likeness (QED) is 0.201. The van der Waals surface area contributed by atoms with Crippen molar-refractivity contribution in [2.24, 2.45) is 0 Å². The zero-order chi connectivity index (χ0) is 26.8. The van der Waals surface area contributed by atoms with Gasteiger partial charge in [0.1, 0.15) is 11.3 Å². The molecule has 1 unspecified atom stereocenters. The molecule has 0 bridgehead atoms. The Kier molecular flexibility index (Phi) is 7.51. The largest absolute Gasteiger partial charge is 0.451 e. The molecule has 0 aliphatic rings. The first-order chi connectivity index (χ1) is 18.3. The number of amides is 1. The summed E-state index contributed by atoms with van der Waals surface area (Å²) in [4.78, 5) is 17.4. The molecule has 0 saturated carbocycles. The lowest BCUT2D eigenvalue weighted by Crippen LogP contribution is -2.33. The predicted molar refractivity (Wildman–Crippen MR) is 156 cm³/mol. The number of benzene rings is 3. The van der Waals surface area contributed by atoms with E-state index in [1.54, 1.807) is 30.3 Å². The monoisotopic (exact) mass is 563 g/mol. The Morgan fingerprint density at radius 3 is 2.68 bits per heavy atom. The number of rotatable bonds is 6. The molecule has 0 saturated heterocycles. The molecule has 1 amide bonds. The highest BCUT2D eigenvalue weighted by Gasteiger charge is 2.16.